The minimum atomic E-state index is -4.60. The number of hydrogen-bond donors (Lipinski definition) is 0. The van der Waals surface area contributed by atoms with Gasteiger partial charge in [-0.05, 0) is 6.08 Å². The van der Waals surface area contributed by atoms with Crippen LogP contribution in [0.3, 0.4) is 0 Å². The molecule has 9 heavy (non-hydrogen) atoms. The normalized spacial score (nSPS) is 14.1. The summed E-state index contributed by atoms with van der Waals surface area (Å²) in [5, 5.41) is -1.41. The van der Waals surface area contributed by atoms with E-state index in [0.29, 0.717) is 0 Å². The lowest BCUT2D eigenvalue weighted by Crippen LogP contribution is -2.06. The number of halogens is 5. The van der Waals surface area contributed by atoms with Crippen LogP contribution in [0.5, 0.6) is 0 Å². The van der Waals surface area contributed by atoms with Crippen LogP contribution in [0.15, 0.2) is 11.1 Å². The lowest BCUT2D eigenvalue weighted by Gasteiger charge is -2.01. The quantitative estimate of drug-likeness (QED) is 0.520. The van der Waals surface area contributed by atoms with Gasteiger partial charge in [0.25, 0.3) is 0 Å². The molecule has 0 aliphatic carbocycles. The molecular weight excluding hydrogens is 159 g/mol. The van der Waals surface area contributed by atoms with Crippen molar-refractivity contribution >= 4 is 11.6 Å². The summed E-state index contributed by atoms with van der Waals surface area (Å²) < 4.78 is 44.9. The summed E-state index contributed by atoms with van der Waals surface area (Å²) in [6.45, 7) is -1.20. The fraction of sp³-hybridized carbons (Fsp3) is 0.500. The average Bonchev–Trinajstić information content (AvgIpc) is 1.64. The summed E-state index contributed by atoms with van der Waals surface area (Å²) >= 11 is 4.55. The largest absolute Gasteiger partial charge is 0.426 e. The molecule has 0 radical (unpaired) electrons. The predicted molar refractivity (Wildman–Crippen MR) is 26.0 cm³/mol. The Bertz CT molecular complexity index is 114. The molecule has 0 saturated heterocycles. The zero-order valence-corrected chi connectivity index (χ0v) is 4.93. The second kappa shape index (κ2) is 3.06. The molecule has 54 valence electrons. The van der Waals surface area contributed by atoms with Gasteiger partial charge < -0.3 is 0 Å². The van der Waals surface area contributed by atoms with Crippen molar-refractivity contribution in [3.8, 4) is 0 Å². The third-order valence-electron chi connectivity index (χ3n) is 0.527. The Labute approximate surface area is 54.1 Å². The molecular formula is C4H3ClF4. The van der Waals surface area contributed by atoms with Gasteiger partial charge in [0.1, 0.15) is 11.7 Å². The molecule has 0 bridgehead atoms. The minimum Gasteiger partial charge on any atom is -0.247 e. The zero-order valence-electron chi connectivity index (χ0n) is 4.17. The van der Waals surface area contributed by atoms with Crippen LogP contribution in [0.25, 0.3) is 0 Å². The monoisotopic (exact) mass is 162 g/mol. The van der Waals surface area contributed by atoms with Gasteiger partial charge in [-0.2, -0.15) is 13.2 Å². The van der Waals surface area contributed by atoms with Crippen molar-refractivity contribution in [3.63, 3.8) is 0 Å². The number of rotatable bonds is 1. The molecule has 0 aliphatic heterocycles. The molecule has 0 aromatic carbocycles. The van der Waals surface area contributed by atoms with Gasteiger partial charge in [-0.15, -0.1) is 0 Å². The van der Waals surface area contributed by atoms with Gasteiger partial charge in [-0.1, -0.05) is 11.6 Å². The van der Waals surface area contributed by atoms with Gasteiger partial charge >= 0.3 is 6.18 Å². The van der Waals surface area contributed by atoms with E-state index >= 15 is 0 Å². The van der Waals surface area contributed by atoms with E-state index in [9.17, 15) is 17.6 Å². The summed E-state index contributed by atoms with van der Waals surface area (Å²) in [5.41, 5.74) is 0. The van der Waals surface area contributed by atoms with Crippen LogP contribution in [0.2, 0.25) is 0 Å². The molecule has 0 heterocycles. The summed E-state index contributed by atoms with van der Waals surface area (Å²) in [6, 6.07) is 0. The number of hydrogen-bond acceptors (Lipinski definition) is 0. The van der Waals surface area contributed by atoms with E-state index in [4.69, 9.17) is 0 Å². The Morgan fingerprint density at radius 1 is 1.44 bits per heavy atom. The van der Waals surface area contributed by atoms with Gasteiger partial charge in [0, 0.05) is 0 Å². The average molecular weight is 163 g/mol. The van der Waals surface area contributed by atoms with Gasteiger partial charge in [-0.25, -0.2) is 4.39 Å². The highest BCUT2D eigenvalue weighted by Gasteiger charge is 2.31. The molecule has 0 rings (SSSR count). The van der Waals surface area contributed by atoms with Crippen molar-refractivity contribution in [2.24, 2.45) is 0 Å². The van der Waals surface area contributed by atoms with Crippen molar-refractivity contribution < 1.29 is 17.6 Å². The van der Waals surface area contributed by atoms with Gasteiger partial charge in [0.2, 0.25) is 0 Å². The third kappa shape index (κ3) is 3.35. The number of alkyl halides is 4. The first kappa shape index (κ1) is 8.75. The molecule has 0 saturated carbocycles. The smallest absolute Gasteiger partial charge is 0.247 e. The van der Waals surface area contributed by atoms with Crippen LogP contribution >= 0.6 is 11.6 Å². The highest BCUT2D eigenvalue weighted by Crippen LogP contribution is 2.27. The molecule has 0 aromatic heterocycles. The molecule has 0 atom stereocenters. The van der Waals surface area contributed by atoms with Gasteiger partial charge in [0.05, 0.1) is 0 Å². The molecule has 0 unspecified atom stereocenters. The van der Waals surface area contributed by atoms with Crippen molar-refractivity contribution in [1.29, 1.82) is 0 Å². The highest BCUT2D eigenvalue weighted by molar-refractivity contribution is 6.30. The lowest BCUT2D eigenvalue weighted by molar-refractivity contribution is -0.0848. The minimum absolute atomic E-state index is 0.265. The van der Waals surface area contributed by atoms with Crippen molar-refractivity contribution in [1.82, 2.24) is 0 Å². The predicted octanol–water partition coefficient (Wildman–Crippen LogP) is 2.64. The SMILES string of the molecule is FC/C=C(\Cl)C(F)(F)F. The van der Waals surface area contributed by atoms with Crippen LogP contribution < -0.4 is 0 Å². The van der Waals surface area contributed by atoms with E-state index in [1.54, 1.807) is 0 Å². The lowest BCUT2D eigenvalue weighted by atomic mass is 10.5. The Morgan fingerprint density at radius 2 is 1.89 bits per heavy atom. The molecule has 0 fully saturated rings. The fourth-order valence-electron chi connectivity index (χ4n) is 0.183. The Hall–Kier alpha value is -0.250. The van der Waals surface area contributed by atoms with E-state index < -0.39 is 17.9 Å². The van der Waals surface area contributed by atoms with Crippen molar-refractivity contribution in [2.45, 2.75) is 6.18 Å². The summed E-state index contributed by atoms with van der Waals surface area (Å²) in [6.07, 6.45) is -4.34. The second-order valence-electron chi connectivity index (χ2n) is 1.20. The molecule has 0 aliphatic rings. The first-order chi connectivity index (χ1) is 3.98. The van der Waals surface area contributed by atoms with Crippen LogP contribution in [-0.4, -0.2) is 12.9 Å². The second-order valence-corrected chi connectivity index (χ2v) is 1.61. The first-order valence-corrected chi connectivity index (χ1v) is 2.35. The van der Waals surface area contributed by atoms with E-state index in [0.717, 1.165) is 0 Å². The summed E-state index contributed by atoms with van der Waals surface area (Å²) in [4.78, 5) is 0. The summed E-state index contributed by atoms with van der Waals surface area (Å²) in [5.74, 6) is 0. The molecule has 0 N–H and O–H groups in total. The van der Waals surface area contributed by atoms with Crippen LogP contribution in [0, 0.1) is 0 Å². The Morgan fingerprint density at radius 3 is 2.00 bits per heavy atom. The topological polar surface area (TPSA) is 0 Å². The molecule has 5 heteroatoms. The first-order valence-electron chi connectivity index (χ1n) is 1.97. The number of allylic oxidation sites excluding steroid dienone is 2. The van der Waals surface area contributed by atoms with E-state index in [-0.39, 0.29) is 6.08 Å². The van der Waals surface area contributed by atoms with Crippen LogP contribution in [-0.2, 0) is 0 Å². The van der Waals surface area contributed by atoms with Gasteiger partial charge in [-0.3, -0.25) is 0 Å². The maximum Gasteiger partial charge on any atom is 0.426 e. The fourth-order valence-corrected chi connectivity index (χ4v) is 0.242. The van der Waals surface area contributed by atoms with Crippen molar-refractivity contribution in [2.75, 3.05) is 6.67 Å². The van der Waals surface area contributed by atoms with Crippen LogP contribution in [0.4, 0.5) is 17.6 Å². The zero-order chi connectivity index (χ0) is 7.49. The third-order valence-corrected chi connectivity index (χ3v) is 0.896. The van der Waals surface area contributed by atoms with Crippen LogP contribution in [0.1, 0.15) is 0 Å². The van der Waals surface area contributed by atoms with E-state index in [2.05, 4.69) is 11.6 Å². The van der Waals surface area contributed by atoms with E-state index in [1.165, 1.54) is 0 Å². The molecule has 0 spiro atoms. The molecule has 0 nitrogen and oxygen atoms in total. The van der Waals surface area contributed by atoms with E-state index in [1.807, 2.05) is 0 Å². The summed E-state index contributed by atoms with van der Waals surface area (Å²) in [7, 11) is 0. The van der Waals surface area contributed by atoms with Gasteiger partial charge in [0.15, 0.2) is 0 Å². The Balaban J connectivity index is 4.03. The standard InChI is InChI=1S/C4H3ClF4/c5-3(1-2-6)4(7,8)9/h1H,2H2/b3-1-. The molecule has 0 aromatic rings. The Kier molecular flexibility index (Phi) is 2.97. The highest BCUT2D eigenvalue weighted by atomic mass is 35.5. The molecule has 0 amide bonds. The maximum absolute atomic E-state index is 11.3. The maximum atomic E-state index is 11.3. The van der Waals surface area contributed by atoms with Crippen molar-refractivity contribution in [3.05, 3.63) is 11.1 Å².